The van der Waals surface area contributed by atoms with Crippen LogP contribution in [-0.2, 0) is 0 Å². The average Bonchev–Trinajstić information content (AvgIpc) is 2.28. The van der Waals surface area contributed by atoms with Gasteiger partial charge in [0.15, 0.2) is 0 Å². The van der Waals surface area contributed by atoms with Crippen molar-refractivity contribution in [3.8, 4) is 23.7 Å². The molecule has 0 aliphatic heterocycles. The zero-order valence-electron chi connectivity index (χ0n) is 8.37. The first-order valence-electron chi connectivity index (χ1n) is 4.19. The third-order valence-corrected chi connectivity index (χ3v) is 1.25. The molecule has 70 valence electrons. The molecule has 14 heavy (non-hydrogen) atoms. The fraction of sp³-hybridized carbons (Fsp3) is 0.154. The smallest absolute Gasteiger partial charge is 0.150 e. The second-order valence-corrected chi connectivity index (χ2v) is 2.28. The van der Waals surface area contributed by atoms with E-state index in [1.807, 2.05) is 18.2 Å². The van der Waals surface area contributed by atoms with Gasteiger partial charge in [-0.2, -0.15) is 0 Å². The number of hydrogen-bond acceptors (Lipinski definition) is 1. The molecule has 1 aromatic carbocycles. The standard InChI is InChI=1S/C7H6O.C6H6/c8-6-7-4-2-1-3-5-7;1-3-5-6-4-2/h1-6H;1-2H3. The van der Waals surface area contributed by atoms with E-state index in [2.05, 4.69) is 23.7 Å². The lowest BCUT2D eigenvalue weighted by atomic mass is 10.2. The zero-order valence-corrected chi connectivity index (χ0v) is 8.37. The van der Waals surface area contributed by atoms with E-state index < -0.39 is 0 Å². The van der Waals surface area contributed by atoms with Gasteiger partial charge in [0, 0.05) is 5.56 Å². The zero-order chi connectivity index (χ0) is 10.6. The van der Waals surface area contributed by atoms with E-state index in [9.17, 15) is 4.79 Å². The molecule has 0 saturated carbocycles. The molecule has 0 aliphatic rings. The predicted molar refractivity (Wildman–Crippen MR) is 58.7 cm³/mol. The van der Waals surface area contributed by atoms with Crippen LogP contribution in [0.25, 0.3) is 0 Å². The molecule has 1 heteroatoms. The van der Waals surface area contributed by atoms with Gasteiger partial charge in [0.25, 0.3) is 0 Å². The number of rotatable bonds is 1. The molecular formula is C13H12O. The minimum atomic E-state index is 0.729. The lowest BCUT2D eigenvalue weighted by Gasteiger charge is -1.81. The molecule has 0 aliphatic carbocycles. The number of hydrogen-bond donors (Lipinski definition) is 0. The van der Waals surface area contributed by atoms with E-state index in [0.717, 1.165) is 11.8 Å². The molecule has 0 unspecified atom stereocenters. The Labute approximate surface area is 85.2 Å². The Hall–Kier alpha value is -1.99. The van der Waals surface area contributed by atoms with Crippen LogP contribution in [0.5, 0.6) is 0 Å². The van der Waals surface area contributed by atoms with Gasteiger partial charge in [-0.1, -0.05) is 42.2 Å². The Kier molecular flexibility index (Phi) is 7.81. The first kappa shape index (κ1) is 12.0. The molecule has 0 bridgehead atoms. The van der Waals surface area contributed by atoms with Gasteiger partial charge in [-0.05, 0) is 25.7 Å². The van der Waals surface area contributed by atoms with Crippen molar-refractivity contribution in [2.24, 2.45) is 0 Å². The Bertz CT molecular complexity index is 350. The summed E-state index contributed by atoms with van der Waals surface area (Å²) in [7, 11) is 0. The SMILES string of the molecule is CC#CC#CC.O=Cc1ccccc1. The van der Waals surface area contributed by atoms with E-state index in [-0.39, 0.29) is 0 Å². The van der Waals surface area contributed by atoms with E-state index in [1.165, 1.54) is 0 Å². The highest BCUT2D eigenvalue weighted by Gasteiger charge is 1.79. The summed E-state index contributed by atoms with van der Waals surface area (Å²) in [6.45, 7) is 3.54. The van der Waals surface area contributed by atoms with Crippen LogP contribution in [-0.4, -0.2) is 6.29 Å². The maximum absolute atomic E-state index is 10.0. The lowest BCUT2D eigenvalue weighted by Crippen LogP contribution is -1.73. The number of aldehydes is 1. The minimum absolute atomic E-state index is 0.729. The topological polar surface area (TPSA) is 17.1 Å². The van der Waals surface area contributed by atoms with Crippen molar-refractivity contribution in [2.75, 3.05) is 0 Å². The van der Waals surface area contributed by atoms with Crippen molar-refractivity contribution in [3.05, 3.63) is 35.9 Å². The molecule has 0 atom stereocenters. The highest BCUT2D eigenvalue weighted by molar-refractivity contribution is 5.74. The summed E-state index contributed by atoms with van der Waals surface area (Å²) in [4.78, 5) is 10.0. The maximum atomic E-state index is 10.0. The van der Waals surface area contributed by atoms with Gasteiger partial charge >= 0.3 is 0 Å². The number of carbonyl (C=O) groups is 1. The van der Waals surface area contributed by atoms with Crippen molar-refractivity contribution in [2.45, 2.75) is 13.8 Å². The van der Waals surface area contributed by atoms with E-state index in [4.69, 9.17) is 0 Å². The average molecular weight is 184 g/mol. The summed E-state index contributed by atoms with van der Waals surface area (Å²) in [6.07, 6.45) is 0.833. The van der Waals surface area contributed by atoms with E-state index in [0.29, 0.717) is 0 Å². The van der Waals surface area contributed by atoms with Crippen molar-refractivity contribution in [1.29, 1.82) is 0 Å². The number of benzene rings is 1. The maximum Gasteiger partial charge on any atom is 0.150 e. The summed E-state index contributed by atoms with van der Waals surface area (Å²) < 4.78 is 0. The van der Waals surface area contributed by atoms with Crippen LogP contribution in [0.4, 0.5) is 0 Å². The molecule has 0 amide bonds. The Balaban J connectivity index is 0.000000255. The van der Waals surface area contributed by atoms with Gasteiger partial charge in [0.1, 0.15) is 6.29 Å². The van der Waals surface area contributed by atoms with Crippen LogP contribution in [0.3, 0.4) is 0 Å². The van der Waals surface area contributed by atoms with Gasteiger partial charge in [-0.25, -0.2) is 0 Å². The highest BCUT2D eigenvalue weighted by Crippen LogP contribution is 1.91. The molecule has 1 rings (SSSR count). The minimum Gasteiger partial charge on any atom is -0.298 e. The van der Waals surface area contributed by atoms with Gasteiger partial charge in [-0.3, -0.25) is 4.79 Å². The first-order chi connectivity index (χ1) is 6.85. The van der Waals surface area contributed by atoms with Crippen molar-refractivity contribution in [3.63, 3.8) is 0 Å². The third-order valence-electron chi connectivity index (χ3n) is 1.25. The summed E-state index contributed by atoms with van der Waals surface area (Å²) in [5.41, 5.74) is 0.729. The quantitative estimate of drug-likeness (QED) is 0.484. The number of carbonyl (C=O) groups excluding carboxylic acids is 1. The van der Waals surface area contributed by atoms with E-state index in [1.54, 1.807) is 26.0 Å². The Morgan fingerprint density at radius 3 is 1.79 bits per heavy atom. The van der Waals surface area contributed by atoms with Crippen molar-refractivity contribution < 1.29 is 4.79 Å². The molecule has 0 N–H and O–H groups in total. The molecule has 0 aromatic heterocycles. The van der Waals surface area contributed by atoms with Gasteiger partial charge in [-0.15, -0.1) is 0 Å². The molecule has 0 spiro atoms. The first-order valence-corrected chi connectivity index (χ1v) is 4.19. The largest absolute Gasteiger partial charge is 0.298 e. The van der Waals surface area contributed by atoms with Crippen LogP contribution in [0, 0.1) is 23.7 Å². The van der Waals surface area contributed by atoms with E-state index >= 15 is 0 Å². The molecule has 1 aromatic rings. The van der Waals surface area contributed by atoms with Crippen LogP contribution in [0.2, 0.25) is 0 Å². The molecule has 1 nitrogen and oxygen atoms in total. The molecule has 0 fully saturated rings. The summed E-state index contributed by atoms with van der Waals surface area (Å²) in [5.74, 6) is 10.5. The summed E-state index contributed by atoms with van der Waals surface area (Å²) in [5, 5.41) is 0. The fourth-order valence-electron chi connectivity index (χ4n) is 0.657. The van der Waals surface area contributed by atoms with Gasteiger partial charge < -0.3 is 0 Å². The summed E-state index contributed by atoms with van der Waals surface area (Å²) in [6, 6.07) is 9.10. The second kappa shape index (κ2) is 9.10. The van der Waals surface area contributed by atoms with Gasteiger partial charge in [0.05, 0.1) is 0 Å². The van der Waals surface area contributed by atoms with Gasteiger partial charge in [0.2, 0.25) is 0 Å². The van der Waals surface area contributed by atoms with Crippen molar-refractivity contribution >= 4 is 6.29 Å². The predicted octanol–water partition coefficient (Wildman–Crippen LogP) is 2.53. The molecule has 0 saturated heterocycles. The second-order valence-electron chi connectivity index (χ2n) is 2.28. The lowest BCUT2D eigenvalue weighted by molar-refractivity contribution is 0.112. The van der Waals surface area contributed by atoms with Crippen LogP contribution in [0.1, 0.15) is 24.2 Å². The monoisotopic (exact) mass is 184 g/mol. The summed E-state index contributed by atoms with van der Waals surface area (Å²) >= 11 is 0. The Morgan fingerprint density at radius 2 is 1.50 bits per heavy atom. The highest BCUT2D eigenvalue weighted by atomic mass is 16.1. The third kappa shape index (κ3) is 6.70. The normalized spacial score (nSPS) is 6.43. The van der Waals surface area contributed by atoms with Crippen LogP contribution >= 0.6 is 0 Å². The van der Waals surface area contributed by atoms with Crippen LogP contribution in [0.15, 0.2) is 30.3 Å². The molecule has 0 radical (unpaired) electrons. The fourth-order valence-corrected chi connectivity index (χ4v) is 0.657. The van der Waals surface area contributed by atoms with Crippen molar-refractivity contribution in [1.82, 2.24) is 0 Å². The van der Waals surface area contributed by atoms with Crippen LogP contribution < -0.4 is 0 Å². The molecular weight excluding hydrogens is 172 g/mol. The Morgan fingerprint density at radius 1 is 1.00 bits per heavy atom. The molecule has 0 heterocycles.